The molecule has 7 N–H and O–H groups in total. The zero-order chi connectivity index (χ0) is 28.6. The molecular formula is C15H18N3O17P3. The Morgan fingerprint density at radius 1 is 1.00 bits per heavy atom. The number of nitro groups is 1. The fourth-order valence-corrected chi connectivity index (χ4v) is 6.26. The first kappa shape index (κ1) is 30.1. The summed E-state index contributed by atoms with van der Waals surface area (Å²) in [5.74, 6) is 0. The van der Waals surface area contributed by atoms with E-state index in [1.807, 2.05) is 4.98 Å². The number of aliphatic hydroxyl groups excluding tert-OH is 2. The van der Waals surface area contributed by atoms with E-state index in [-0.39, 0.29) is 11.4 Å². The molecule has 2 unspecified atom stereocenters. The third-order valence-corrected chi connectivity index (χ3v) is 8.60. The zero-order valence-electron chi connectivity index (χ0n) is 18.3. The highest BCUT2D eigenvalue weighted by atomic mass is 31.3. The maximum absolute atomic E-state index is 12.4. The van der Waals surface area contributed by atoms with Gasteiger partial charge in [-0.2, -0.15) is 8.62 Å². The first-order valence-corrected chi connectivity index (χ1v) is 14.3. The number of phosphoric acid groups is 3. The first-order valence-electron chi connectivity index (χ1n) is 9.80. The predicted molar refractivity (Wildman–Crippen MR) is 119 cm³/mol. The second-order valence-corrected chi connectivity index (χ2v) is 11.9. The van der Waals surface area contributed by atoms with Crippen LogP contribution in [0.15, 0.2) is 40.1 Å². The van der Waals surface area contributed by atoms with Crippen molar-refractivity contribution in [1.29, 1.82) is 0 Å². The lowest BCUT2D eigenvalue weighted by atomic mass is 10.0. The number of hydrogen-bond donors (Lipinski definition) is 7. The van der Waals surface area contributed by atoms with E-state index in [0.717, 1.165) is 22.9 Å². The topological polar surface area (TPSA) is 308 Å². The van der Waals surface area contributed by atoms with E-state index >= 15 is 0 Å². The summed E-state index contributed by atoms with van der Waals surface area (Å²) in [4.78, 5) is 72.5. The monoisotopic (exact) mass is 605 g/mol. The van der Waals surface area contributed by atoms with Crippen molar-refractivity contribution in [2.45, 2.75) is 24.4 Å². The molecule has 0 bridgehead atoms. The molecule has 0 spiro atoms. The molecule has 6 atom stereocenters. The molecule has 0 radical (unpaired) electrons. The smallest absolute Gasteiger partial charge is 0.387 e. The van der Waals surface area contributed by atoms with Crippen LogP contribution in [-0.2, 0) is 31.6 Å². The number of aromatic amines is 1. The molecule has 210 valence electrons. The standard InChI is InChI=1S/C15H18N3O17P3/c19-11-10(6-32-37(28,29)35-38(30,31)34-36(25,26)27)33-13(12(11)20)9-5-17(15(22)16-14(9)21)7-1-3-8(4-2-7)18(23)24/h1-5,10-13,19-20H,6H2,(H,28,29)(H,30,31)(H,16,21,22)(H2,25,26,27)/t10-,11-,12-,13+/m1/s1. The number of phosphoric ester groups is 1. The number of nitrogens with one attached hydrogen (secondary N) is 1. The van der Waals surface area contributed by atoms with Gasteiger partial charge in [0.25, 0.3) is 11.2 Å². The number of hydrogen-bond acceptors (Lipinski definition) is 13. The fraction of sp³-hybridized carbons (Fsp3) is 0.333. The van der Waals surface area contributed by atoms with Gasteiger partial charge in [0.2, 0.25) is 0 Å². The quantitative estimate of drug-likeness (QED) is 0.0964. The molecule has 23 heteroatoms. The second-order valence-electron chi connectivity index (χ2n) is 7.45. The molecule has 2 aromatic rings. The van der Waals surface area contributed by atoms with Gasteiger partial charge in [-0.15, -0.1) is 0 Å². The van der Waals surface area contributed by atoms with E-state index in [1.54, 1.807) is 0 Å². The van der Waals surface area contributed by atoms with E-state index in [4.69, 9.17) is 19.4 Å². The summed E-state index contributed by atoms with van der Waals surface area (Å²) < 4.78 is 51.6. The van der Waals surface area contributed by atoms with Crippen LogP contribution in [0.2, 0.25) is 0 Å². The highest BCUT2D eigenvalue weighted by Gasteiger charge is 2.47. The highest BCUT2D eigenvalue weighted by molar-refractivity contribution is 7.66. The maximum Gasteiger partial charge on any atom is 0.490 e. The van der Waals surface area contributed by atoms with Crippen molar-refractivity contribution in [3.63, 3.8) is 0 Å². The van der Waals surface area contributed by atoms with Gasteiger partial charge in [0.05, 0.1) is 22.8 Å². The number of non-ortho nitro benzene ring substituents is 1. The molecule has 1 saturated heterocycles. The average Bonchev–Trinajstić information content (AvgIpc) is 3.04. The van der Waals surface area contributed by atoms with Crippen molar-refractivity contribution in [1.82, 2.24) is 9.55 Å². The number of benzene rings is 1. The molecular weight excluding hydrogens is 587 g/mol. The number of aromatic nitrogens is 2. The van der Waals surface area contributed by atoms with Crippen LogP contribution in [0.1, 0.15) is 11.7 Å². The number of nitro benzene ring substituents is 1. The van der Waals surface area contributed by atoms with Gasteiger partial charge in [-0.25, -0.2) is 18.5 Å². The second kappa shape index (κ2) is 11.0. The van der Waals surface area contributed by atoms with E-state index in [9.17, 15) is 48.5 Å². The van der Waals surface area contributed by atoms with Crippen LogP contribution in [0.4, 0.5) is 5.69 Å². The van der Waals surface area contributed by atoms with Crippen LogP contribution in [0, 0.1) is 10.1 Å². The third-order valence-electron chi connectivity index (χ3n) is 4.80. The number of H-pyrrole nitrogens is 1. The zero-order valence-corrected chi connectivity index (χ0v) is 21.0. The SMILES string of the molecule is O=c1[nH]c(=O)n(-c2ccc([N+](=O)[O-])cc2)cc1[C@@H]1O[C@H](COP(=O)(O)OP(=O)(O)OP(=O)(O)O)[C@@H](O)[C@H]1O. The number of ether oxygens (including phenoxy) is 1. The summed E-state index contributed by atoms with van der Waals surface area (Å²) in [6, 6.07) is 4.54. The van der Waals surface area contributed by atoms with Crippen molar-refractivity contribution in [3.8, 4) is 5.69 Å². The van der Waals surface area contributed by atoms with Gasteiger partial charge in [0.15, 0.2) is 0 Å². The Morgan fingerprint density at radius 2 is 1.61 bits per heavy atom. The largest absolute Gasteiger partial charge is 0.490 e. The molecule has 1 aromatic carbocycles. The van der Waals surface area contributed by atoms with Crippen LogP contribution in [-0.4, -0.2) is 69.2 Å². The van der Waals surface area contributed by atoms with Gasteiger partial charge in [-0.3, -0.25) is 29.0 Å². The predicted octanol–water partition coefficient (Wildman–Crippen LogP) is -1.06. The van der Waals surface area contributed by atoms with E-state index in [0.29, 0.717) is 0 Å². The molecule has 1 aliphatic heterocycles. The fourth-order valence-electron chi connectivity index (χ4n) is 3.23. The van der Waals surface area contributed by atoms with Crippen LogP contribution >= 0.6 is 23.5 Å². The Labute approximate surface area is 209 Å². The van der Waals surface area contributed by atoms with Crippen LogP contribution in [0.3, 0.4) is 0 Å². The van der Waals surface area contributed by atoms with Gasteiger partial charge in [0, 0.05) is 18.3 Å². The lowest BCUT2D eigenvalue weighted by molar-refractivity contribution is -0.384. The molecule has 0 saturated carbocycles. The first-order chi connectivity index (χ1) is 17.4. The molecule has 1 aliphatic rings. The summed E-state index contributed by atoms with van der Waals surface area (Å²) in [6.07, 6.45) is -6.19. The average molecular weight is 605 g/mol. The Balaban J connectivity index is 1.79. The molecule has 3 rings (SSSR count). The summed E-state index contributed by atoms with van der Waals surface area (Å²) in [6.45, 7) is -1.13. The van der Waals surface area contributed by atoms with Crippen molar-refractivity contribution < 1.29 is 66.3 Å². The lowest BCUT2D eigenvalue weighted by Gasteiger charge is -2.19. The van der Waals surface area contributed by atoms with Crippen LogP contribution in [0.5, 0.6) is 0 Å². The number of nitrogens with zero attached hydrogens (tertiary/aromatic N) is 2. The van der Waals surface area contributed by atoms with Gasteiger partial charge >= 0.3 is 29.2 Å². The van der Waals surface area contributed by atoms with Gasteiger partial charge in [-0.1, -0.05) is 0 Å². The van der Waals surface area contributed by atoms with E-state index in [2.05, 4.69) is 13.1 Å². The van der Waals surface area contributed by atoms with Crippen molar-refractivity contribution in [2.24, 2.45) is 0 Å². The third kappa shape index (κ3) is 7.37. The minimum atomic E-state index is -5.81. The van der Waals surface area contributed by atoms with Gasteiger partial charge in [-0.05, 0) is 12.1 Å². The van der Waals surface area contributed by atoms with E-state index < -0.39 is 76.2 Å². The number of aliphatic hydroxyl groups is 2. The molecule has 1 aromatic heterocycles. The lowest BCUT2D eigenvalue weighted by Crippen LogP contribution is -2.35. The van der Waals surface area contributed by atoms with Gasteiger partial charge in [0.1, 0.15) is 24.4 Å². The highest BCUT2D eigenvalue weighted by Crippen LogP contribution is 2.66. The molecule has 0 amide bonds. The molecule has 1 fully saturated rings. The van der Waals surface area contributed by atoms with Crippen molar-refractivity contribution in [3.05, 3.63) is 67.0 Å². The normalized spacial score (nSPS) is 25.0. The Morgan fingerprint density at radius 3 is 2.16 bits per heavy atom. The summed E-state index contributed by atoms with van der Waals surface area (Å²) in [5, 5.41) is 31.5. The minimum absolute atomic E-state index is 0.0651. The van der Waals surface area contributed by atoms with Crippen molar-refractivity contribution in [2.75, 3.05) is 6.61 Å². The van der Waals surface area contributed by atoms with E-state index in [1.165, 1.54) is 12.1 Å². The van der Waals surface area contributed by atoms with Crippen LogP contribution < -0.4 is 11.2 Å². The Bertz CT molecular complexity index is 1470. The minimum Gasteiger partial charge on any atom is -0.387 e. The Hall–Kier alpha value is -2.41. The molecule has 38 heavy (non-hydrogen) atoms. The summed E-state index contributed by atoms with van der Waals surface area (Å²) in [5.41, 5.74) is -2.67. The van der Waals surface area contributed by atoms with Crippen LogP contribution in [0.25, 0.3) is 5.69 Å². The summed E-state index contributed by atoms with van der Waals surface area (Å²) in [7, 11) is -17.0. The summed E-state index contributed by atoms with van der Waals surface area (Å²) >= 11 is 0. The van der Waals surface area contributed by atoms with Gasteiger partial charge < -0.3 is 34.5 Å². The maximum atomic E-state index is 12.4. The van der Waals surface area contributed by atoms with Crippen molar-refractivity contribution >= 4 is 29.2 Å². The molecule has 0 aliphatic carbocycles. The molecule has 20 nitrogen and oxygen atoms in total. The number of rotatable bonds is 10. The Kier molecular flexibility index (Phi) is 8.72. The molecule has 2 heterocycles.